The van der Waals surface area contributed by atoms with Gasteiger partial charge in [0.15, 0.2) is 0 Å². The summed E-state index contributed by atoms with van der Waals surface area (Å²) < 4.78 is 0. The second-order valence-electron chi connectivity index (χ2n) is 4.86. The number of hydrogen-bond acceptors (Lipinski definition) is 5. The van der Waals surface area contributed by atoms with Crippen molar-refractivity contribution in [2.24, 2.45) is 0 Å². The van der Waals surface area contributed by atoms with E-state index in [9.17, 15) is 4.79 Å². The van der Waals surface area contributed by atoms with Gasteiger partial charge >= 0.3 is 0 Å². The maximum absolute atomic E-state index is 12.1. The minimum atomic E-state index is 0.217. The summed E-state index contributed by atoms with van der Waals surface area (Å²) >= 11 is 3.47. The molecule has 2 rings (SSSR count). The average Bonchev–Trinajstić information content (AvgIpc) is 2.82. The highest BCUT2D eigenvalue weighted by atomic mass is 32.2. The van der Waals surface area contributed by atoms with Gasteiger partial charge in [-0.3, -0.25) is 4.79 Å². The van der Waals surface area contributed by atoms with Crippen molar-refractivity contribution in [1.29, 1.82) is 0 Å². The zero-order valence-corrected chi connectivity index (χ0v) is 13.1. The molecule has 0 unspecified atom stereocenters. The Bertz CT molecular complexity index is 416. The number of aromatic nitrogens is 1. The van der Waals surface area contributed by atoms with E-state index in [4.69, 9.17) is 0 Å². The third-order valence-corrected chi connectivity index (χ3v) is 5.47. The van der Waals surface area contributed by atoms with Crippen LogP contribution in [0.2, 0.25) is 0 Å². The minimum Gasteiger partial charge on any atom is -0.340 e. The molecule has 0 aliphatic carbocycles. The van der Waals surface area contributed by atoms with Gasteiger partial charge in [0.05, 0.1) is 17.3 Å². The van der Waals surface area contributed by atoms with Gasteiger partial charge in [-0.25, -0.2) is 4.98 Å². The molecule has 0 aromatic carbocycles. The normalized spacial score (nSPS) is 16.5. The van der Waals surface area contributed by atoms with E-state index in [0.717, 1.165) is 23.0 Å². The van der Waals surface area contributed by atoms with Crippen molar-refractivity contribution < 1.29 is 4.79 Å². The second-order valence-corrected chi connectivity index (χ2v) is 7.46. The third kappa shape index (κ3) is 4.78. The van der Waals surface area contributed by atoms with Gasteiger partial charge in [-0.2, -0.15) is 0 Å². The van der Waals surface area contributed by atoms with E-state index in [1.165, 1.54) is 12.8 Å². The lowest BCUT2D eigenvalue weighted by Crippen LogP contribution is -2.32. The van der Waals surface area contributed by atoms with Crippen molar-refractivity contribution in [3.63, 3.8) is 0 Å². The highest BCUT2D eigenvalue weighted by Crippen LogP contribution is 2.21. The molecular weight excluding hydrogens is 278 g/mol. The van der Waals surface area contributed by atoms with Gasteiger partial charge in [0, 0.05) is 23.4 Å². The van der Waals surface area contributed by atoms with Crippen LogP contribution >= 0.6 is 23.1 Å². The molecule has 1 aliphatic heterocycles. The van der Waals surface area contributed by atoms with Gasteiger partial charge in [0.1, 0.15) is 0 Å². The summed E-state index contributed by atoms with van der Waals surface area (Å²) in [6.45, 7) is 4.84. The lowest BCUT2D eigenvalue weighted by Gasteiger charge is -2.23. The first kappa shape index (κ1) is 14.8. The van der Waals surface area contributed by atoms with Crippen LogP contribution < -0.4 is 5.32 Å². The maximum atomic E-state index is 12.1. The quantitative estimate of drug-likeness (QED) is 0.902. The number of hydrogen-bond donors (Lipinski definition) is 1. The van der Waals surface area contributed by atoms with Crippen LogP contribution in [0, 0.1) is 6.92 Å². The summed E-state index contributed by atoms with van der Waals surface area (Å²) in [5, 5.41) is 5.04. The number of amides is 1. The van der Waals surface area contributed by atoms with Gasteiger partial charge in [-0.1, -0.05) is 0 Å². The summed E-state index contributed by atoms with van der Waals surface area (Å²) in [4.78, 5) is 19.2. The number of thioether (sulfide) groups is 1. The topological polar surface area (TPSA) is 45.2 Å². The van der Waals surface area contributed by atoms with Crippen molar-refractivity contribution in [2.45, 2.75) is 31.6 Å². The van der Waals surface area contributed by atoms with Crippen molar-refractivity contribution in [3.05, 3.63) is 16.1 Å². The molecule has 0 atom stereocenters. The molecule has 6 heteroatoms. The standard InChI is InChI=1S/C13H21N3OS2/c1-10-15-7-12(19-10)8-16(2)13(17)9-18-11-3-5-14-6-4-11/h7,11,14H,3-6,8-9H2,1-2H3. The SMILES string of the molecule is Cc1ncc(CN(C)C(=O)CSC2CCNCC2)s1. The molecule has 0 radical (unpaired) electrons. The molecule has 1 aliphatic rings. The first-order valence-corrected chi connectivity index (χ1v) is 8.49. The van der Waals surface area contributed by atoms with E-state index in [1.807, 2.05) is 20.2 Å². The molecule has 0 saturated carbocycles. The van der Waals surface area contributed by atoms with Crippen molar-refractivity contribution in [2.75, 3.05) is 25.9 Å². The first-order valence-electron chi connectivity index (χ1n) is 6.62. The van der Waals surface area contributed by atoms with E-state index < -0.39 is 0 Å². The van der Waals surface area contributed by atoms with Crippen molar-refractivity contribution in [1.82, 2.24) is 15.2 Å². The number of rotatable bonds is 5. The predicted octanol–water partition coefficient (Wildman–Crippen LogP) is 1.90. The molecule has 1 aromatic heterocycles. The fraction of sp³-hybridized carbons (Fsp3) is 0.692. The van der Waals surface area contributed by atoms with E-state index in [-0.39, 0.29) is 5.91 Å². The van der Waals surface area contributed by atoms with Gasteiger partial charge < -0.3 is 10.2 Å². The zero-order chi connectivity index (χ0) is 13.7. The monoisotopic (exact) mass is 299 g/mol. The van der Waals surface area contributed by atoms with Crippen LogP contribution in [0.5, 0.6) is 0 Å². The average molecular weight is 299 g/mol. The number of thiazole rings is 1. The minimum absolute atomic E-state index is 0.217. The largest absolute Gasteiger partial charge is 0.340 e. The Labute approximate surface area is 123 Å². The van der Waals surface area contributed by atoms with Crippen LogP contribution in [-0.4, -0.2) is 46.9 Å². The van der Waals surface area contributed by atoms with Crippen LogP contribution in [0.25, 0.3) is 0 Å². The Morgan fingerprint density at radius 3 is 2.95 bits per heavy atom. The fourth-order valence-electron chi connectivity index (χ4n) is 2.06. The second kappa shape index (κ2) is 7.26. The van der Waals surface area contributed by atoms with Crippen LogP contribution in [-0.2, 0) is 11.3 Å². The van der Waals surface area contributed by atoms with E-state index >= 15 is 0 Å². The lowest BCUT2D eigenvalue weighted by molar-refractivity contribution is -0.127. The summed E-state index contributed by atoms with van der Waals surface area (Å²) in [6.07, 6.45) is 4.22. The molecule has 1 amide bonds. The predicted molar refractivity (Wildman–Crippen MR) is 81.7 cm³/mol. The van der Waals surface area contributed by atoms with Crippen LogP contribution in [0.4, 0.5) is 0 Å². The molecule has 4 nitrogen and oxygen atoms in total. The molecule has 1 saturated heterocycles. The number of nitrogens with zero attached hydrogens (tertiary/aromatic N) is 2. The Morgan fingerprint density at radius 2 is 2.32 bits per heavy atom. The van der Waals surface area contributed by atoms with Gasteiger partial charge in [-0.15, -0.1) is 23.1 Å². The Balaban J connectivity index is 1.72. The van der Waals surface area contributed by atoms with Crippen LogP contribution in [0.3, 0.4) is 0 Å². The van der Waals surface area contributed by atoms with E-state index in [2.05, 4.69) is 10.3 Å². The first-order chi connectivity index (χ1) is 9.15. The number of carbonyl (C=O) groups excluding carboxylic acids is 1. The molecule has 0 spiro atoms. The highest BCUT2D eigenvalue weighted by molar-refractivity contribution is 8.00. The molecule has 0 bridgehead atoms. The maximum Gasteiger partial charge on any atom is 0.232 e. The summed E-state index contributed by atoms with van der Waals surface area (Å²) in [7, 11) is 1.88. The molecule has 19 heavy (non-hydrogen) atoms. The number of aryl methyl sites for hydroxylation is 1. The number of carbonyl (C=O) groups is 1. The molecule has 2 heterocycles. The van der Waals surface area contributed by atoms with Gasteiger partial charge in [0.25, 0.3) is 0 Å². The third-order valence-electron chi connectivity index (χ3n) is 3.22. The van der Waals surface area contributed by atoms with Crippen LogP contribution in [0.1, 0.15) is 22.7 Å². The lowest BCUT2D eigenvalue weighted by atomic mass is 10.2. The van der Waals surface area contributed by atoms with Crippen molar-refractivity contribution >= 4 is 29.0 Å². The van der Waals surface area contributed by atoms with E-state index in [0.29, 0.717) is 17.5 Å². The Hall–Kier alpha value is -0.590. The number of nitrogens with one attached hydrogen (secondary N) is 1. The van der Waals surface area contributed by atoms with E-state index in [1.54, 1.807) is 28.0 Å². The fourth-order valence-corrected chi connectivity index (χ4v) is 4.08. The summed E-state index contributed by atoms with van der Waals surface area (Å²) in [5.41, 5.74) is 0. The number of piperidine rings is 1. The smallest absolute Gasteiger partial charge is 0.232 e. The van der Waals surface area contributed by atoms with Crippen LogP contribution in [0.15, 0.2) is 6.20 Å². The molecule has 1 aromatic rings. The zero-order valence-electron chi connectivity index (χ0n) is 11.5. The van der Waals surface area contributed by atoms with Gasteiger partial charge in [0.2, 0.25) is 5.91 Å². The molecular formula is C13H21N3OS2. The Kier molecular flexibility index (Phi) is 5.66. The van der Waals surface area contributed by atoms with Gasteiger partial charge in [-0.05, 0) is 32.9 Å². The molecule has 1 N–H and O–H groups in total. The summed E-state index contributed by atoms with van der Waals surface area (Å²) in [5.74, 6) is 0.813. The highest BCUT2D eigenvalue weighted by Gasteiger charge is 2.17. The summed E-state index contributed by atoms with van der Waals surface area (Å²) in [6, 6.07) is 0. The Morgan fingerprint density at radius 1 is 1.58 bits per heavy atom. The van der Waals surface area contributed by atoms with Crippen molar-refractivity contribution in [3.8, 4) is 0 Å². The molecule has 106 valence electrons. The molecule has 1 fully saturated rings.